The fourth-order valence-corrected chi connectivity index (χ4v) is 1.31. The third-order valence-corrected chi connectivity index (χ3v) is 3.11. The summed E-state index contributed by atoms with van der Waals surface area (Å²) in [5, 5.41) is 2.71. The van der Waals surface area contributed by atoms with E-state index in [0.717, 1.165) is 5.69 Å². The van der Waals surface area contributed by atoms with E-state index in [-0.39, 0.29) is 22.3 Å². The summed E-state index contributed by atoms with van der Waals surface area (Å²) in [6.07, 6.45) is 1.43. The summed E-state index contributed by atoms with van der Waals surface area (Å²) < 4.78 is 0. The zero-order chi connectivity index (χ0) is 13.1. The highest BCUT2D eigenvalue weighted by Crippen LogP contribution is 2.15. The highest BCUT2D eigenvalue weighted by Gasteiger charge is 2.18. The average molecular weight is 257 g/mol. The Balaban J connectivity index is 2.74. The molecule has 0 fully saturated rings. The van der Waals surface area contributed by atoms with Crippen LogP contribution < -0.4 is 10.7 Å². The molecule has 0 aliphatic carbocycles. The lowest BCUT2D eigenvalue weighted by atomic mass is 9.96. The summed E-state index contributed by atoms with van der Waals surface area (Å²) in [4.78, 5) is 26.2. The normalized spacial score (nSPS) is 11.3. The fraction of sp³-hybridized carbons (Fsp3) is 0.500. The van der Waals surface area contributed by atoms with E-state index in [0.29, 0.717) is 12.4 Å². The maximum Gasteiger partial charge on any atom is 0.256 e. The molecule has 0 atom stereocenters. The van der Waals surface area contributed by atoms with Crippen LogP contribution in [0.4, 0.5) is 0 Å². The molecule has 0 aliphatic rings. The van der Waals surface area contributed by atoms with Crippen LogP contribution in [0.3, 0.4) is 0 Å². The first kappa shape index (κ1) is 13.8. The second-order valence-corrected chi connectivity index (χ2v) is 5.14. The zero-order valence-electron chi connectivity index (χ0n) is 10.3. The van der Waals surface area contributed by atoms with E-state index in [1.54, 1.807) is 6.92 Å². The summed E-state index contributed by atoms with van der Waals surface area (Å²) in [5.41, 5.74) is 0.394. The van der Waals surface area contributed by atoms with Crippen LogP contribution >= 0.6 is 11.6 Å². The number of carbonyl (C=O) groups is 1. The molecule has 4 nitrogen and oxygen atoms in total. The Kier molecular flexibility index (Phi) is 4.34. The van der Waals surface area contributed by atoms with Gasteiger partial charge < -0.3 is 10.3 Å². The molecule has 1 amide bonds. The van der Waals surface area contributed by atoms with Gasteiger partial charge in [0.05, 0.1) is 0 Å². The highest BCUT2D eigenvalue weighted by atomic mass is 35.5. The van der Waals surface area contributed by atoms with Crippen molar-refractivity contribution in [3.63, 3.8) is 0 Å². The molecule has 1 rings (SSSR count). The molecule has 0 bridgehead atoms. The molecule has 0 aromatic carbocycles. The van der Waals surface area contributed by atoms with E-state index in [1.165, 1.54) is 12.3 Å². The highest BCUT2D eigenvalue weighted by molar-refractivity contribution is 6.18. The first-order valence-corrected chi connectivity index (χ1v) is 5.93. The third kappa shape index (κ3) is 3.89. The molecule has 0 saturated carbocycles. The SMILES string of the molecule is Cc1cc(=O)c(C(=O)NCC(C)(C)CCl)c[nH]1. The molecule has 1 heterocycles. The standard InChI is InChI=1S/C12H17ClN2O2/c1-8-4-10(16)9(5-14-8)11(17)15-7-12(2,3)6-13/h4-5H,6-7H2,1-3H3,(H,14,16)(H,15,17). The Bertz CT molecular complexity index is 466. The third-order valence-electron chi connectivity index (χ3n) is 2.39. The number of nitrogens with one attached hydrogen (secondary N) is 2. The van der Waals surface area contributed by atoms with Gasteiger partial charge in [-0.3, -0.25) is 9.59 Å². The minimum absolute atomic E-state index is 0.126. The van der Waals surface area contributed by atoms with Gasteiger partial charge in [-0.1, -0.05) is 13.8 Å². The number of halogens is 1. The van der Waals surface area contributed by atoms with E-state index in [9.17, 15) is 9.59 Å². The van der Waals surface area contributed by atoms with Crippen LogP contribution in [0.5, 0.6) is 0 Å². The Morgan fingerprint density at radius 1 is 1.53 bits per heavy atom. The van der Waals surface area contributed by atoms with Crippen LogP contribution in [-0.2, 0) is 0 Å². The predicted molar refractivity (Wildman–Crippen MR) is 68.6 cm³/mol. The van der Waals surface area contributed by atoms with E-state index in [1.807, 2.05) is 13.8 Å². The Hall–Kier alpha value is -1.29. The first-order valence-electron chi connectivity index (χ1n) is 5.39. The average Bonchev–Trinajstić information content (AvgIpc) is 2.26. The Morgan fingerprint density at radius 2 is 2.18 bits per heavy atom. The lowest BCUT2D eigenvalue weighted by Gasteiger charge is -2.21. The van der Waals surface area contributed by atoms with Gasteiger partial charge in [-0.2, -0.15) is 0 Å². The van der Waals surface area contributed by atoms with Crippen LogP contribution in [0.2, 0.25) is 0 Å². The van der Waals surface area contributed by atoms with Gasteiger partial charge in [0, 0.05) is 30.4 Å². The number of amides is 1. The first-order chi connectivity index (χ1) is 7.85. The van der Waals surface area contributed by atoms with Gasteiger partial charge in [0.1, 0.15) is 5.56 Å². The van der Waals surface area contributed by atoms with Crippen molar-refractivity contribution in [2.24, 2.45) is 5.41 Å². The molecule has 0 saturated heterocycles. The summed E-state index contributed by atoms with van der Waals surface area (Å²) in [7, 11) is 0. The van der Waals surface area contributed by atoms with E-state index in [4.69, 9.17) is 11.6 Å². The Morgan fingerprint density at radius 3 is 2.71 bits per heavy atom. The van der Waals surface area contributed by atoms with Crippen molar-refractivity contribution in [3.05, 3.63) is 33.7 Å². The number of alkyl halides is 1. The van der Waals surface area contributed by atoms with Crippen molar-refractivity contribution in [2.45, 2.75) is 20.8 Å². The zero-order valence-corrected chi connectivity index (χ0v) is 11.0. The summed E-state index contributed by atoms with van der Waals surface area (Å²) in [5.74, 6) is 0.0711. The lowest BCUT2D eigenvalue weighted by molar-refractivity contribution is 0.0938. The number of H-pyrrole nitrogens is 1. The lowest BCUT2D eigenvalue weighted by Crippen LogP contribution is -2.37. The molecule has 1 aromatic rings. The van der Waals surface area contributed by atoms with Gasteiger partial charge in [0.15, 0.2) is 5.43 Å². The monoisotopic (exact) mass is 256 g/mol. The molecule has 0 radical (unpaired) electrons. The topological polar surface area (TPSA) is 62.0 Å². The number of carbonyl (C=O) groups excluding carboxylic acids is 1. The van der Waals surface area contributed by atoms with E-state index >= 15 is 0 Å². The number of aromatic amines is 1. The number of aromatic nitrogens is 1. The van der Waals surface area contributed by atoms with E-state index < -0.39 is 0 Å². The molecule has 2 N–H and O–H groups in total. The molecular weight excluding hydrogens is 240 g/mol. The van der Waals surface area contributed by atoms with Crippen LogP contribution in [0, 0.1) is 12.3 Å². The van der Waals surface area contributed by atoms with Gasteiger partial charge in [-0.05, 0) is 12.3 Å². The number of hydrogen-bond acceptors (Lipinski definition) is 2. The van der Waals surface area contributed by atoms with Crippen LogP contribution in [0.1, 0.15) is 29.9 Å². The van der Waals surface area contributed by atoms with Gasteiger partial charge >= 0.3 is 0 Å². The van der Waals surface area contributed by atoms with Gasteiger partial charge in [-0.25, -0.2) is 0 Å². The minimum Gasteiger partial charge on any atom is -0.364 e. The van der Waals surface area contributed by atoms with Gasteiger partial charge in [0.2, 0.25) is 0 Å². The van der Waals surface area contributed by atoms with Crippen molar-refractivity contribution in [2.75, 3.05) is 12.4 Å². The maximum absolute atomic E-state index is 11.8. The summed E-state index contributed by atoms with van der Waals surface area (Å²) >= 11 is 5.76. The molecule has 0 aliphatic heterocycles. The maximum atomic E-state index is 11.8. The largest absolute Gasteiger partial charge is 0.364 e. The van der Waals surface area contributed by atoms with Crippen LogP contribution in [0.25, 0.3) is 0 Å². The van der Waals surface area contributed by atoms with Crippen LogP contribution in [-0.4, -0.2) is 23.3 Å². The molecule has 94 valence electrons. The van der Waals surface area contributed by atoms with E-state index in [2.05, 4.69) is 10.3 Å². The number of rotatable bonds is 4. The quantitative estimate of drug-likeness (QED) is 0.805. The second-order valence-electron chi connectivity index (χ2n) is 4.87. The predicted octanol–water partition coefficient (Wildman–Crippen LogP) is 1.68. The van der Waals surface area contributed by atoms with Crippen molar-refractivity contribution in [1.82, 2.24) is 10.3 Å². The smallest absolute Gasteiger partial charge is 0.256 e. The van der Waals surface area contributed by atoms with Crippen molar-refractivity contribution >= 4 is 17.5 Å². The second kappa shape index (κ2) is 5.36. The van der Waals surface area contributed by atoms with Crippen LogP contribution in [0.15, 0.2) is 17.1 Å². The molecule has 1 aromatic heterocycles. The van der Waals surface area contributed by atoms with Crippen molar-refractivity contribution in [3.8, 4) is 0 Å². The number of aryl methyl sites for hydroxylation is 1. The van der Waals surface area contributed by atoms with Crippen molar-refractivity contribution < 1.29 is 4.79 Å². The number of hydrogen-bond donors (Lipinski definition) is 2. The number of pyridine rings is 1. The Labute approximate surface area is 105 Å². The van der Waals surface area contributed by atoms with Gasteiger partial charge in [-0.15, -0.1) is 11.6 Å². The summed E-state index contributed by atoms with van der Waals surface area (Å²) in [6.45, 7) is 6.08. The van der Waals surface area contributed by atoms with Gasteiger partial charge in [0.25, 0.3) is 5.91 Å². The summed E-state index contributed by atoms with van der Waals surface area (Å²) in [6, 6.07) is 1.40. The molecular formula is C12H17ClN2O2. The molecule has 17 heavy (non-hydrogen) atoms. The molecule has 5 heteroatoms. The minimum atomic E-state index is -0.371. The van der Waals surface area contributed by atoms with Crippen molar-refractivity contribution in [1.29, 1.82) is 0 Å². The fourth-order valence-electron chi connectivity index (χ4n) is 1.21. The molecule has 0 spiro atoms. The molecule has 0 unspecified atom stereocenters.